The average Bonchev–Trinajstić information content (AvgIpc) is 3.59. The van der Waals surface area contributed by atoms with Crippen molar-refractivity contribution >= 4 is 41.3 Å². The average molecular weight is 621 g/mol. The van der Waals surface area contributed by atoms with Crippen molar-refractivity contribution in [3.05, 3.63) is 65.7 Å². The number of carboxylic acids is 2. The van der Waals surface area contributed by atoms with Crippen molar-refractivity contribution in [2.75, 3.05) is 11.4 Å². The van der Waals surface area contributed by atoms with Gasteiger partial charge in [-0.1, -0.05) is 55.3 Å². The van der Waals surface area contributed by atoms with Crippen molar-refractivity contribution in [2.24, 2.45) is 5.41 Å². The zero-order valence-electron chi connectivity index (χ0n) is 25.5. The number of carboxylic acid groups (broad SMARTS) is 2. The monoisotopic (exact) mass is 620 g/mol. The highest BCUT2D eigenvalue weighted by atomic mass is 16.4. The van der Waals surface area contributed by atoms with Gasteiger partial charge in [-0.3, -0.25) is 28.9 Å². The molecule has 2 aromatic rings. The zero-order chi connectivity index (χ0) is 32.7. The molecule has 2 aromatic carbocycles. The van der Waals surface area contributed by atoms with Crippen LogP contribution in [0, 0.1) is 5.41 Å². The summed E-state index contributed by atoms with van der Waals surface area (Å²) in [6, 6.07) is 13.7. The highest BCUT2D eigenvalue weighted by molar-refractivity contribution is 6.03. The van der Waals surface area contributed by atoms with Crippen LogP contribution in [0.4, 0.5) is 5.69 Å². The van der Waals surface area contributed by atoms with Crippen molar-refractivity contribution in [1.29, 1.82) is 0 Å². The van der Waals surface area contributed by atoms with Crippen molar-refractivity contribution in [2.45, 2.75) is 83.5 Å². The summed E-state index contributed by atoms with van der Waals surface area (Å²) in [7, 11) is 0. The Bertz CT molecular complexity index is 1420. The molecule has 0 spiro atoms. The lowest BCUT2D eigenvalue weighted by molar-refractivity contribution is -0.144. The van der Waals surface area contributed by atoms with E-state index in [2.05, 4.69) is 10.6 Å². The van der Waals surface area contributed by atoms with Crippen LogP contribution in [0.2, 0.25) is 0 Å². The molecule has 0 radical (unpaired) electrons. The summed E-state index contributed by atoms with van der Waals surface area (Å²) in [4.78, 5) is 77.7. The molecule has 240 valence electrons. The SMILES string of the molecule is CC(=O)NCCC1(C(=O)NC(Cc2ccc(N3C(=O)C(C)N(C(=O)CCC(=O)O)C3c3ccccc3)cc2)C(=O)O)CCCC1. The Labute approximate surface area is 261 Å². The van der Waals surface area contributed by atoms with Crippen molar-refractivity contribution in [3.63, 3.8) is 0 Å². The molecule has 3 unspecified atom stereocenters. The maximum Gasteiger partial charge on any atom is 0.326 e. The second kappa shape index (κ2) is 14.4. The van der Waals surface area contributed by atoms with Gasteiger partial charge < -0.3 is 25.7 Å². The van der Waals surface area contributed by atoms with Gasteiger partial charge in [0, 0.05) is 32.0 Å². The summed E-state index contributed by atoms with van der Waals surface area (Å²) in [6.07, 6.45) is 1.99. The molecule has 4 rings (SSSR count). The summed E-state index contributed by atoms with van der Waals surface area (Å²) < 4.78 is 0. The van der Waals surface area contributed by atoms with Crippen LogP contribution in [-0.4, -0.2) is 69.3 Å². The Morgan fingerprint density at radius 2 is 1.60 bits per heavy atom. The van der Waals surface area contributed by atoms with E-state index in [1.807, 2.05) is 6.07 Å². The van der Waals surface area contributed by atoms with Crippen LogP contribution in [0.15, 0.2) is 54.6 Å². The Hall–Kier alpha value is -4.74. The predicted molar refractivity (Wildman–Crippen MR) is 164 cm³/mol. The second-order valence-electron chi connectivity index (χ2n) is 11.8. The summed E-state index contributed by atoms with van der Waals surface area (Å²) in [5.41, 5.74) is 1.05. The molecule has 4 N–H and O–H groups in total. The lowest BCUT2D eigenvalue weighted by atomic mass is 9.81. The van der Waals surface area contributed by atoms with Gasteiger partial charge in [0.2, 0.25) is 17.7 Å². The van der Waals surface area contributed by atoms with Crippen LogP contribution in [0.5, 0.6) is 0 Å². The fraction of sp³-hybridized carbons (Fsp3) is 0.455. The van der Waals surface area contributed by atoms with Gasteiger partial charge in [0.25, 0.3) is 5.91 Å². The first-order chi connectivity index (χ1) is 21.4. The normalized spacial score (nSPS) is 19.6. The predicted octanol–water partition coefficient (Wildman–Crippen LogP) is 3.01. The number of anilines is 1. The minimum atomic E-state index is -1.19. The van der Waals surface area contributed by atoms with Crippen LogP contribution < -0.4 is 15.5 Å². The first-order valence-electron chi connectivity index (χ1n) is 15.2. The number of hydrogen-bond donors (Lipinski definition) is 4. The van der Waals surface area contributed by atoms with Gasteiger partial charge in [-0.05, 0) is 49.4 Å². The van der Waals surface area contributed by atoms with Gasteiger partial charge in [-0.15, -0.1) is 0 Å². The molecule has 0 aromatic heterocycles. The number of rotatable bonds is 13. The molecule has 12 nitrogen and oxygen atoms in total. The van der Waals surface area contributed by atoms with Gasteiger partial charge in [-0.2, -0.15) is 0 Å². The molecule has 2 fully saturated rings. The topological polar surface area (TPSA) is 173 Å². The Morgan fingerprint density at radius 1 is 0.956 bits per heavy atom. The smallest absolute Gasteiger partial charge is 0.326 e. The number of carbonyl (C=O) groups is 6. The van der Waals surface area contributed by atoms with Gasteiger partial charge in [0.1, 0.15) is 18.2 Å². The molecule has 1 aliphatic carbocycles. The number of nitrogens with zero attached hydrogens (tertiary/aromatic N) is 2. The van der Waals surface area contributed by atoms with Gasteiger partial charge >= 0.3 is 11.9 Å². The minimum Gasteiger partial charge on any atom is -0.481 e. The zero-order valence-corrected chi connectivity index (χ0v) is 25.5. The lowest BCUT2D eigenvalue weighted by Crippen LogP contribution is -2.49. The van der Waals surface area contributed by atoms with E-state index >= 15 is 0 Å². The van der Waals surface area contributed by atoms with Gasteiger partial charge in [0.05, 0.1) is 11.8 Å². The van der Waals surface area contributed by atoms with E-state index in [0.29, 0.717) is 42.6 Å². The summed E-state index contributed by atoms with van der Waals surface area (Å²) in [5.74, 6) is -3.59. The highest BCUT2D eigenvalue weighted by Gasteiger charge is 2.47. The van der Waals surface area contributed by atoms with E-state index in [-0.39, 0.29) is 37.0 Å². The lowest BCUT2D eigenvalue weighted by Gasteiger charge is -2.31. The molecule has 1 heterocycles. The number of nitrogens with one attached hydrogen (secondary N) is 2. The number of amides is 4. The number of carbonyl (C=O) groups excluding carboxylic acids is 4. The fourth-order valence-corrected chi connectivity index (χ4v) is 6.34. The van der Waals surface area contributed by atoms with E-state index in [1.165, 1.54) is 16.7 Å². The number of benzene rings is 2. The van der Waals surface area contributed by atoms with Crippen LogP contribution in [0.25, 0.3) is 0 Å². The van der Waals surface area contributed by atoms with E-state index < -0.39 is 41.5 Å². The first kappa shape index (κ1) is 33.2. The standard InChI is InChI=1S/C33H40N4O8/c1-21-30(42)37(29(24-8-4-3-5-9-24)36(21)27(39)14-15-28(40)41)25-12-10-23(11-13-25)20-26(31(43)44)35-32(45)33(16-6-7-17-33)18-19-34-22(2)38/h3-5,8-13,21,26,29H,6-7,14-20H2,1-2H3,(H,34,38)(H,35,45)(H,40,41)(H,43,44). The molecule has 0 bridgehead atoms. The third-order valence-corrected chi connectivity index (χ3v) is 8.74. The molecule has 1 aliphatic heterocycles. The third-order valence-electron chi connectivity index (χ3n) is 8.74. The maximum absolute atomic E-state index is 13.6. The summed E-state index contributed by atoms with van der Waals surface area (Å²) in [5, 5.41) is 24.5. The quantitative estimate of drug-likeness (QED) is 0.264. The molecule has 3 atom stereocenters. The summed E-state index contributed by atoms with van der Waals surface area (Å²) >= 11 is 0. The molecule has 12 heteroatoms. The van der Waals surface area contributed by atoms with Crippen LogP contribution in [0.3, 0.4) is 0 Å². The van der Waals surface area contributed by atoms with E-state index in [0.717, 1.165) is 12.8 Å². The first-order valence-corrected chi connectivity index (χ1v) is 15.2. The molecule has 45 heavy (non-hydrogen) atoms. The summed E-state index contributed by atoms with van der Waals surface area (Å²) in [6.45, 7) is 3.36. The third kappa shape index (κ3) is 7.68. The Balaban J connectivity index is 1.53. The molecule has 2 aliphatic rings. The second-order valence-corrected chi connectivity index (χ2v) is 11.8. The van der Waals surface area contributed by atoms with E-state index in [4.69, 9.17) is 5.11 Å². The Kier molecular flexibility index (Phi) is 10.6. The van der Waals surface area contributed by atoms with Crippen LogP contribution in [-0.2, 0) is 35.2 Å². The van der Waals surface area contributed by atoms with Gasteiger partial charge in [-0.25, -0.2) is 4.79 Å². The number of aliphatic carboxylic acids is 2. The molecular weight excluding hydrogens is 580 g/mol. The molecule has 1 saturated carbocycles. The Morgan fingerprint density at radius 3 is 2.18 bits per heavy atom. The molecule has 4 amide bonds. The highest BCUT2D eigenvalue weighted by Crippen LogP contribution is 2.42. The maximum atomic E-state index is 13.6. The minimum absolute atomic E-state index is 0.00932. The van der Waals surface area contributed by atoms with E-state index in [9.17, 15) is 33.9 Å². The van der Waals surface area contributed by atoms with Crippen molar-refractivity contribution in [3.8, 4) is 0 Å². The van der Waals surface area contributed by atoms with Crippen molar-refractivity contribution < 1.29 is 39.0 Å². The molecular formula is C33H40N4O8. The van der Waals surface area contributed by atoms with Gasteiger partial charge in [0.15, 0.2) is 0 Å². The van der Waals surface area contributed by atoms with Crippen LogP contribution >= 0.6 is 0 Å². The molecule has 1 saturated heterocycles. The largest absolute Gasteiger partial charge is 0.481 e. The number of hydrogen-bond acceptors (Lipinski definition) is 6. The van der Waals surface area contributed by atoms with E-state index in [1.54, 1.807) is 55.5 Å². The van der Waals surface area contributed by atoms with Crippen LogP contribution in [0.1, 0.15) is 76.1 Å². The van der Waals surface area contributed by atoms with Crippen molar-refractivity contribution in [1.82, 2.24) is 15.5 Å². The fourth-order valence-electron chi connectivity index (χ4n) is 6.34.